The Hall–Kier alpha value is -1.55. The summed E-state index contributed by atoms with van der Waals surface area (Å²) >= 11 is 6.18. The van der Waals surface area contributed by atoms with Crippen LogP contribution in [-0.2, 0) is 9.63 Å². The second-order valence-electron chi connectivity index (χ2n) is 5.97. The number of hydrogen-bond donors (Lipinski definition) is 1. The zero-order valence-corrected chi connectivity index (χ0v) is 12.8. The Labute approximate surface area is 129 Å². The van der Waals surface area contributed by atoms with Crippen molar-refractivity contribution in [2.45, 2.75) is 50.7 Å². The van der Waals surface area contributed by atoms with E-state index in [0.29, 0.717) is 11.4 Å². The summed E-state index contributed by atoms with van der Waals surface area (Å²) in [5, 5.41) is 7.79. The van der Waals surface area contributed by atoms with Crippen LogP contribution in [0, 0.1) is 0 Å². The number of nitrogens with one attached hydrogen (secondary N) is 1. The van der Waals surface area contributed by atoms with E-state index in [-0.39, 0.29) is 11.9 Å². The van der Waals surface area contributed by atoms with Gasteiger partial charge in [-0.2, -0.15) is 0 Å². The third kappa shape index (κ3) is 2.91. The number of oxime groups is 1. The minimum atomic E-state index is -0.933. The lowest BCUT2D eigenvalue weighted by atomic mass is 9.94. The molecule has 112 valence electrons. The fraction of sp³-hybridized carbons (Fsp3) is 0.500. The van der Waals surface area contributed by atoms with Crippen molar-refractivity contribution in [1.29, 1.82) is 0 Å². The van der Waals surface area contributed by atoms with Gasteiger partial charge in [-0.3, -0.25) is 4.79 Å². The van der Waals surface area contributed by atoms with Crippen LogP contribution in [-0.4, -0.2) is 23.3 Å². The molecule has 0 unspecified atom stereocenters. The Bertz CT molecular complexity index is 581. The summed E-state index contributed by atoms with van der Waals surface area (Å²) < 4.78 is 0. The maximum Gasteiger partial charge on any atom is 0.267 e. The summed E-state index contributed by atoms with van der Waals surface area (Å²) in [6.07, 6.45) is 4.92. The van der Waals surface area contributed by atoms with Gasteiger partial charge in [0, 0.05) is 23.0 Å². The highest BCUT2D eigenvalue weighted by atomic mass is 35.5. The van der Waals surface area contributed by atoms with E-state index in [1.54, 1.807) is 6.92 Å². The molecule has 21 heavy (non-hydrogen) atoms. The summed E-state index contributed by atoms with van der Waals surface area (Å²) in [4.78, 5) is 17.9. The molecule has 1 fully saturated rings. The number of amides is 1. The van der Waals surface area contributed by atoms with Crippen LogP contribution < -0.4 is 5.32 Å². The Morgan fingerprint density at radius 3 is 2.81 bits per heavy atom. The normalized spacial score (nSPS) is 25.5. The topological polar surface area (TPSA) is 50.7 Å². The lowest BCUT2D eigenvalue weighted by molar-refractivity contribution is -0.142. The Kier molecular flexibility index (Phi) is 3.89. The van der Waals surface area contributed by atoms with Crippen LogP contribution >= 0.6 is 11.6 Å². The van der Waals surface area contributed by atoms with E-state index in [1.807, 2.05) is 24.3 Å². The molecule has 1 aliphatic carbocycles. The minimum Gasteiger partial charge on any atom is -0.379 e. The van der Waals surface area contributed by atoms with Crippen LogP contribution in [0.3, 0.4) is 0 Å². The lowest BCUT2D eigenvalue weighted by Crippen LogP contribution is -2.48. The molecular formula is C16H19ClN2O2. The first-order chi connectivity index (χ1) is 10.1. The first-order valence-corrected chi connectivity index (χ1v) is 7.77. The quantitative estimate of drug-likeness (QED) is 0.931. The van der Waals surface area contributed by atoms with Gasteiger partial charge in [-0.1, -0.05) is 47.8 Å². The van der Waals surface area contributed by atoms with E-state index >= 15 is 0 Å². The standard InChI is InChI=1S/C16H19ClN2O2/c1-16(15(20)18-11-6-2-3-7-11)10-14(19-21-16)12-8-4-5-9-13(12)17/h4-5,8-9,11H,2-3,6-7,10H2,1H3,(H,18,20)/t16-/m0/s1. The Morgan fingerprint density at radius 2 is 2.10 bits per heavy atom. The summed E-state index contributed by atoms with van der Waals surface area (Å²) in [6, 6.07) is 7.76. The fourth-order valence-electron chi connectivity index (χ4n) is 2.91. The van der Waals surface area contributed by atoms with E-state index in [4.69, 9.17) is 16.4 Å². The molecule has 0 radical (unpaired) electrons. The molecule has 1 atom stereocenters. The molecule has 1 N–H and O–H groups in total. The first-order valence-electron chi connectivity index (χ1n) is 7.39. The summed E-state index contributed by atoms with van der Waals surface area (Å²) in [5.74, 6) is -0.0831. The van der Waals surface area contributed by atoms with Crippen LogP contribution in [0.4, 0.5) is 0 Å². The molecule has 1 aromatic rings. The maximum atomic E-state index is 12.4. The highest BCUT2D eigenvalue weighted by Gasteiger charge is 2.43. The van der Waals surface area contributed by atoms with Crippen LogP contribution in [0.25, 0.3) is 0 Å². The van der Waals surface area contributed by atoms with E-state index in [1.165, 1.54) is 12.8 Å². The van der Waals surface area contributed by atoms with E-state index < -0.39 is 5.60 Å². The number of benzene rings is 1. The van der Waals surface area contributed by atoms with Crippen LogP contribution in [0.1, 0.15) is 44.6 Å². The fourth-order valence-corrected chi connectivity index (χ4v) is 3.15. The zero-order chi connectivity index (χ0) is 14.9. The lowest BCUT2D eigenvalue weighted by Gasteiger charge is -2.23. The zero-order valence-electron chi connectivity index (χ0n) is 12.1. The van der Waals surface area contributed by atoms with Gasteiger partial charge in [-0.25, -0.2) is 0 Å². The molecule has 3 rings (SSSR count). The molecule has 1 amide bonds. The van der Waals surface area contributed by atoms with E-state index in [2.05, 4.69) is 10.5 Å². The van der Waals surface area contributed by atoms with Gasteiger partial charge in [0.1, 0.15) is 0 Å². The van der Waals surface area contributed by atoms with Gasteiger partial charge in [0.2, 0.25) is 5.60 Å². The number of rotatable bonds is 3. The summed E-state index contributed by atoms with van der Waals surface area (Å²) in [7, 11) is 0. The molecule has 1 heterocycles. The van der Waals surface area contributed by atoms with Crippen molar-refractivity contribution in [2.24, 2.45) is 5.16 Å². The summed E-state index contributed by atoms with van der Waals surface area (Å²) in [6.45, 7) is 1.78. The molecule has 0 saturated heterocycles. The number of carbonyl (C=O) groups excluding carboxylic acids is 1. The van der Waals surface area contributed by atoms with E-state index in [0.717, 1.165) is 24.1 Å². The number of halogens is 1. The second-order valence-corrected chi connectivity index (χ2v) is 6.38. The molecular weight excluding hydrogens is 288 g/mol. The molecule has 0 spiro atoms. The Balaban J connectivity index is 1.69. The van der Waals surface area contributed by atoms with Gasteiger partial charge < -0.3 is 10.2 Å². The second kappa shape index (κ2) is 5.68. The highest BCUT2D eigenvalue weighted by Crippen LogP contribution is 2.30. The van der Waals surface area contributed by atoms with Crippen molar-refractivity contribution in [3.8, 4) is 0 Å². The largest absolute Gasteiger partial charge is 0.379 e. The van der Waals surface area contributed by atoms with Crippen molar-refractivity contribution >= 4 is 23.2 Å². The number of carbonyl (C=O) groups is 1. The van der Waals surface area contributed by atoms with Crippen molar-refractivity contribution < 1.29 is 9.63 Å². The van der Waals surface area contributed by atoms with Crippen molar-refractivity contribution in [2.75, 3.05) is 0 Å². The van der Waals surface area contributed by atoms with E-state index in [9.17, 15) is 4.79 Å². The minimum absolute atomic E-state index is 0.0831. The highest BCUT2D eigenvalue weighted by molar-refractivity contribution is 6.34. The molecule has 5 heteroatoms. The molecule has 1 aromatic carbocycles. The third-order valence-electron chi connectivity index (χ3n) is 4.22. The van der Waals surface area contributed by atoms with Gasteiger partial charge in [-0.15, -0.1) is 0 Å². The third-order valence-corrected chi connectivity index (χ3v) is 4.55. The predicted octanol–water partition coefficient (Wildman–Crippen LogP) is 3.28. The van der Waals surface area contributed by atoms with Crippen LogP contribution in [0.5, 0.6) is 0 Å². The maximum absolute atomic E-state index is 12.4. The molecule has 0 aromatic heterocycles. The molecule has 4 nitrogen and oxygen atoms in total. The van der Waals surface area contributed by atoms with Gasteiger partial charge >= 0.3 is 0 Å². The molecule has 0 bridgehead atoms. The monoisotopic (exact) mass is 306 g/mol. The SMILES string of the molecule is C[C@@]1(C(=O)NC2CCCC2)CC(c2ccccc2Cl)=NO1. The van der Waals surface area contributed by atoms with Gasteiger partial charge in [0.25, 0.3) is 5.91 Å². The van der Waals surface area contributed by atoms with Crippen LogP contribution in [0.2, 0.25) is 5.02 Å². The van der Waals surface area contributed by atoms with Crippen molar-refractivity contribution in [3.63, 3.8) is 0 Å². The van der Waals surface area contributed by atoms with Crippen LogP contribution in [0.15, 0.2) is 29.4 Å². The average molecular weight is 307 g/mol. The molecule has 1 aliphatic heterocycles. The first kappa shape index (κ1) is 14.4. The predicted molar refractivity (Wildman–Crippen MR) is 82.5 cm³/mol. The van der Waals surface area contributed by atoms with Gasteiger partial charge in [0.15, 0.2) is 0 Å². The Morgan fingerprint density at radius 1 is 1.38 bits per heavy atom. The number of hydrogen-bond acceptors (Lipinski definition) is 3. The van der Waals surface area contributed by atoms with Gasteiger partial charge in [0.05, 0.1) is 5.71 Å². The molecule has 1 saturated carbocycles. The molecule has 2 aliphatic rings. The summed E-state index contributed by atoms with van der Waals surface area (Å²) in [5.41, 5.74) is 0.623. The number of nitrogens with zero attached hydrogens (tertiary/aromatic N) is 1. The van der Waals surface area contributed by atoms with Crippen molar-refractivity contribution in [1.82, 2.24) is 5.32 Å². The van der Waals surface area contributed by atoms with Crippen molar-refractivity contribution in [3.05, 3.63) is 34.9 Å². The van der Waals surface area contributed by atoms with Gasteiger partial charge in [-0.05, 0) is 25.8 Å². The smallest absolute Gasteiger partial charge is 0.267 e. The average Bonchev–Trinajstić information content (AvgIpc) is 3.10.